The average Bonchev–Trinajstić information content (AvgIpc) is 2.25. The maximum absolute atomic E-state index is 6.05. The van der Waals surface area contributed by atoms with Crippen molar-refractivity contribution < 1.29 is 8.85 Å². The Hall–Kier alpha value is 0.354. The smallest absolute Gasteiger partial charge is 0.187 e. The summed E-state index contributed by atoms with van der Waals surface area (Å²) in [4.78, 5) is 0. The molecule has 0 bridgehead atoms. The fourth-order valence-corrected chi connectivity index (χ4v) is 6.23. The van der Waals surface area contributed by atoms with Gasteiger partial charge in [-0.15, -0.1) is 0 Å². The summed E-state index contributed by atoms with van der Waals surface area (Å²) in [5.74, 6) is 0. The van der Waals surface area contributed by atoms with Crippen molar-refractivity contribution in [1.29, 1.82) is 0 Å². The molecule has 0 aromatic rings. The van der Waals surface area contributed by atoms with Gasteiger partial charge in [0.1, 0.15) is 0 Å². The lowest BCUT2D eigenvalue weighted by molar-refractivity contribution is 0.230. The molecule has 0 saturated carbocycles. The molecule has 0 aliphatic carbocycles. The molecule has 0 radical (unpaired) electrons. The van der Waals surface area contributed by atoms with Gasteiger partial charge in [-0.3, -0.25) is 0 Å². The maximum Gasteiger partial charge on any atom is 0.187 e. The lowest BCUT2D eigenvalue weighted by Crippen LogP contribution is -2.33. The molecule has 0 amide bonds. The average molecular weight is 305 g/mol. The van der Waals surface area contributed by atoms with Crippen LogP contribution in [-0.4, -0.2) is 29.8 Å². The highest BCUT2D eigenvalue weighted by atomic mass is 28.4. The van der Waals surface area contributed by atoms with Gasteiger partial charge in [0.05, 0.1) is 0 Å². The van der Waals surface area contributed by atoms with E-state index in [2.05, 4.69) is 40.0 Å². The summed E-state index contributed by atoms with van der Waals surface area (Å²) in [7, 11) is -0.822. The number of hydrogen-bond donors (Lipinski definition) is 0. The minimum Gasteiger partial charge on any atom is -0.420 e. The van der Waals surface area contributed by atoms with Gasteiger partial charge in [0, 0.05) is 13.2 Å². The Morgan fingerprint density at radius 2 is 1.16 bits per heavy atom. The summed E-state index contributed by atoms with van der Waals surface area (Å²) >= 11 is 0. The van der Waals surface area contributed by atoms with Crippen molar-refractivity contribution in [2.45, 2.75) is 90.3 Å². The molecular weight excluding hydrogens is 268 g/mol. The van der Waals surface area contributed by atoms with E-state index >= 15 is 0 Å². The Morgan fingerprint density at radius 3 is 1.58 bits per heavy atom. The fourth-order valence-electron chi connectivity index (χ4n) is 2.43. The molecule has 0 aromatic heterocycles. The van der Waals surface area contributed by atoms with Crippen molar-refractivity contribution in [2.24, 2.45) is 0 Å². The van der Waals surface area contributed by atoms with E-state index in [0.29, 0.717) is 6.10 Å². The Balaban J connectivity index is 3.50. The molecule has 0 unspecified atom stereocenters. The first-order chi connectivity index (χ1) is 8.68. The highest BCUT2D eigenvalue weighted by molar-refractivity contribution is 6.71. The van der Waals surface area contributed by atoms with Crippen LogP contribution >= 0.6 is 0 Å². The summed E-state index contributed by atoms with van der Waals surface area (Å²) in [6.45, 7) is 13.6. The minimum absolute atomic E-state index is 0.392. The lowest BCUT2D eigenvalue weighted by Gasteiger charge is -2.25. The van der Waals surface area contributed by atoms with Crippen LogP contribution in [0.3, 0.4) is 0 Å². The molecule has 0 spiro atoms. The van der Waals surface area contributed by atoms with E-state index in [9.17, 15) is 0 Å². The highest BCUT2D eigenvalue weighted by Crippen LogP contribution is 2.20. The van der Waals surface area contributed by atoms with Crippen molar-refractivity contribution >= 4 is 16.6 Å². The SMILES string of the molecule is CO[Si](C)(C)CCCCCCC[Si](C)(C)OC(C)C. The van der Waals surface area contributed by atoms with E-state index in [1.165, 1.54) is 44.2 Å². The van der Waals surface area contributed by atoms with Gasteiger partial charge in [0.15, 0.2) is 16.6 Å². The molecule has 0 heterocycles. The van der Waals surface area contributed by atoms with Gasteiger partial charge in [-0.2, -0.15) is 0 Å². The van der Waals surface area contributed by atoms with Gasteiger partial charge in [0.25, 0.3) is 0 Å². The third kappa shape index (κ3) is 11.8. The fraction of sp³-hybridized carbons (Fsp3) is 1.00. The van der Waals surface area contributed by atoms with Crippen LogP contribution in [0.1, 0.15) is 46.0 Å². The Kier molecular flexibility index (Phi) is 9.49. The summed E-state index contributed by atoms with van der Waals surface area (Å²) in [6, 6.07) is 2.61. The molecule has 0 aliphatic rings. The van der Waals surface area contributed by atoms with Crippen molar-refractivity contribution in [3.63, 3.8) is 0 Å². The second-order valence-electron chi connectivity index (χ2n) is 7.16. The molecule has 0 atom stereocenters. The van der Waals surface area contributed by atoms with Gasteiger partial charge < -0.3 is 8.85 Å². The molecule has 116 valence electrons. The monoisotopic (exact) mass is 304 g/mol. The second kappa shape index (κ2) is 9.32. The number of rotatable bonds is 11. The predicted molar refractivity (Wildman–Crippen MR) is 90.9 cm³/mol. The van der Waals surface area contributed by atoms with Gasteiger partial charge in [-0.1, -0.05) is 32.1 Å². The summed E-state index contributed by atoms with van der Waals surface area (Å²) < 4.78 is 11.6. The molecule has 0 rings (SSSR count). The summed E-state index contributed by atoms with van der Waals surface area (Å²) in [5.41, 5.74) is 0. The molecular formula is C15H36O2Si2. The first-order valence-corrected chi connectivity index (χ1v) is 14.1. The molecule has 0 fully saturated rings. The van der Waals surface area contributed by atoms with Gasteiger partial charge >= 0.3 is 0 Å². The van der Waals surface area contributed by atoms with Crippen LogP contribution in [0.4, 0.5) is 0 Å². The van der Waals surface area contributed by atoms with Crippen LogP contribution in [0.5, 0.6) is 0 Å². The van der Waals surface area contributed by atoms with Gasteiger partial charge in [-0.25, -0.2) is 0 Å². The normalized spacial score (nSPS) is 13.3. The zero-order chi connectivity index (χ0) is 14.9. The van der Waals surface area contributed by atoms with E-state index in [0.717, 1.165) is 0 Å². The molecule has 0 saturated heterocycles. The van der Waals surface area contributed by atoms with Crippen LogP contribution < -0.4 is 0 Å². The molecule has 0 aromatic carbocycles. The lowest BCUT2D eigenvalue weighted by atomic mass is 10.2. The number of unbranched alkanes of at least 4 members (excludes halogenated alkanes) is 4. The molecule has 2 nitrogen and oxygen atoms in total. The quantitative estimate of drug-likeness (QED) is 0.375. The zero-order valence-corrected chi connectivity index (χ0v) is 16.3. The standard InChI is InChI=1S/C15H36O2Si2/c1-15(2)17-19(6,7)14-12-10-8-9-11-13-18(4,5)16-3/h15H,8-14H2,1-7H3. The van der Waals surface area contributed by atoms with Crippen molar-refractivity contribution in [3.05, 3.63) is 0 Å². The van der Waals surface area contributed by atoms with Crippen LogP contribution in [-0.2, 0) is 8.85 Å². The highest BCUT2D eigenvalue weighted by Gasteiger charge is 2.23. The van der Waals surface area contributed by atoms with E-state index < -0.39 is 16.6 Å². The molecule has 4 heteroatoms. The molecule has 0 aliphatic heterocycles. The van der Waals surface area contributed by atoms with E-state index in [1.54, 1.807) is 0 Å². The number of hydrogen-bond acceptors (Lipinski definition) is 2. The van der Waals surface area contributed by atoms with Crippen molar-refractivity contribution in [1.82, 2.24) is 0 Å². The predicted octanol–water partition coefficient (Wildman–Crippen LogP) is 5.42. The van der Waals surface area contributed by atoms with Crippen LogP contribution in [0.25, 0.3) is 0 Å². The van der Waals surface area contributed by atoms with E-state index in [1.807, 2.05) is 7.11 Å². The Morgan fingerprint density at radius 1 is 0.737 bits per heavy atom. The largest absolute Gasteiger partial charge is 0.420 e. The first kappa shape index (κ1) is 19.4. The van der Waals surface area contributed by atoms with Crippen molar-refractivity contribution in [3.8, 4) is 0 Å². The van der Waals surface area contributed by atoms with Gasteiger partial charge in [0.2, 0.25) is 0 Å². The molecule has 0 N–H and O–H groups in total. The minimum atomic E-state index is -1.38. The molecule has 19 heavy (non-hydrogen) atoms. The Bertz CT molecular complexity index is 228. The summed E-state index contributed by atoms with van der Waals surface area (Å²) in [5, 5.41) is 0. The Labute approximate surface area is 123 Å². The van der Waals surface area contributed by atoms with Crippen molar-refractivity contribution in [2.75, 3.05) is 7.11 Å². The van der Waals surface area contributed by atoms with E-state index in [4.69, 9.17) is 8.85 Å². The van der Waals surface area contributed by atoms with Crippen LogP contribution in [0.2, 0.25) is 38.3 Å². The van der Waals surface area contributed by atoms with Gasteiger partial charge in [-0.05, 0) is 52.1 Å². The van der Waals surface area contributed by atoms with Crippen LogP contribution in [0, 0.1) is 0 Å². The van der Waals surface area contributed by atoms with Crippen LogP contribution in [0.15, 0.2) is 0 Å². The summed E-state index contributed by atoms with van der Waals surface area (Å²) in [6.07, 6.45) is 7.19. The second-order valence-corrected chi connectivity index (χ2v) is 15.8. The third-order valence-electron chi connectivity index (χ3n) is 3.67. The zero-order valence-electron chi connectivity index (χ0n) is 14.3. The maximum atomic E-state index is 6.05. The first-order valence-electron chi connectivity index (χ1n) is 7.91. The van der Waals surface area contributed by atoms with E-state index in [-0.39, 0.29) is 0 Å². The topological polar surface area (TPSA) is 18.5 Å². The third-order valence-corrected chi connectivity index (χ3v) is 9.00.